The fourth-order valence-corrected chi connectivity index (χ4v) is 5.01. The Morgan fingerprint density at radius 1 is 1.09 bits per heavy atom. The lowest BCUT2D eigenvalue weighted by Gasteiger charge is -2.17. The quantitative estimate of drug-likeness (QED) is 0.226. The number of ether oxygens (including phenoxy) is 2. The first-order valence-corrected chi connectivity index (χ1v) is 13.5. The van der Waals surface area contributed by atoms with E-state index in [1.54, 1.807) is 28.9 Å². The summed E-state index contributed by atoms with van der Waals surface area (Å²) in [6.45, 7) is 2.70. The van der Waals surface area contributed by atoms with Crippen molar-refractivity contribution in [2.75, 3.05) is 31.3 Å². The molecule has 0 bridgehead atoms. The van der Waals surface area contributed by atoms with E-state index in [0.29, 0.717) is 39.8 Å². The molecular weight excluding hydrogens is 558 g/mol. The number of aryl methyl sites for hydroxylation is 1. The number of benzene rings is 2. The summed E-state index contributed by atoms with van der Waals surface area (Å²) in [5.74, 6) is -0.833. The van der Waals surface area contributed by atoms with E-state index in [0.717, 1.165) is 31.0 Å². The van der Waals surface area contributed by atoms with Gasteiger partial charge in [-0.2, -0.15) is 5.10 Å². The number of carbonyl (C=O) groups excluding carboxylic acids is 1. The average Bonchev–Trinajstić information content (AvgIpc) is 3.63. The van der Waals surface area contributed by atoms with Gasteiger partial charge < -0.3 is 20.1 Å². The summed E-state index contributed by atoms with van der Waals surface area (Å²) < 4.78 is 43.0. The standard InChI is InChI=1S/C30H28F2N8O3/c1-17-9-25(27(42-3)14-26(17)43-19-6-8-40-28(11-19)34-16-36-40)37-29-20-12-24(21(31)13-23(20)33-15-35-29)38-30(41)22(32)10-18-5-4-7-39(18)2/h6,8-16,18H,4-5,7H2,1-3H3,(H,38,41)(H,33,35,37)/b22-10-/t18-/m1/s1. The molecule has 6 rings (SSSR count). The van der Waals surface area contributed by atoms with Crippen molar-refractivity contribution < 1.29 is 23.0 Å². The number of amides is 1. The molecule has 1 aliphatic rings. The van der Waals surface area contributed by atoms with Gasteiger partial charge in [-0.25, -0.2) is 28.2 Å². The zero-order valence-electron chi connectivity index (χ0n) is 23.6. The minimum atomic E-state index is -1.03. The van der Waals surface area contributed by atoms with Crippen LogP contribution in [0.5, 0.6) is 17.2 Å². The highest BCUT2D eigenvalue weighted by atomic mass is 19.1. The minimum absolute atomic E-state index is 0.177. The summed E-state index contributed by atoms with van der Waals surface area (Å²) in [5, 5.41) is 10.0. The predicted octanol–water partition coefficient (Wildman–Crippen LogP) is 5.55. The number of fused-ring (bicyclic) bond motifs is 2. The molecule has 3 aromatic heterocycles. The molecule has 0 aliphatic carbocycles. The largest absolute Gasteiger partial charge is 0.494 e. The smallest absolute Gasteiger partial charge is 0.284 e. The van der Waals surface area contributed by atoms with Gasteiger partial charge in [0, 0.05) is 35.8 Å². The van der Waals surface area contributed by atoms with Crippen molar-refractivity contribution >= 4 is 39.6 Å². The molecule has 13 heteroatoms. The number of hydrogen-bond acceptors (Lipinski definition) is 9. The Hall–Kier alpha value is -5.17. The highest BCUT2D eigenvalue weighted by Gasteiger charge is 2.22. The van der Waals surface area contributed by atoms with Crippen molar-refractivity contribution in [3.8, 4) is 17.2 Å². The second-order valence-corrected chi connectivity index (χ2v) is 10.2. The van der Waals surface area contributed by atoms with E-state index < -0.39 is 17.6 Å². The van der Waals surface area contributed by atoms with E-state index in [4.69, 9.17) is 9.47 Å². The zero-order valence-corrected chi connectivity index (χ0v) is 23.6. The molecule has 43 heavy (non-hydrogen) atoms. The highest BCUT2D eigenvalue weighted by Crippen LogP contribution is 2.38. The highest BCUT2D eigenvalue weighted by molar-refractivity contribution is 6.04. The summed E-state index contributed by atoms with van der Waals surface area (Å²) in [7, 11) is 3.39. The van der Waals surface area contributed by atoms with Crippen LogP contribution in [0.1, 0.15) is 18.4 Å². The second kappa shape index (κ2) is 11.6. The van der Waals surface area contributed by atoms with Crippen LogP contribution >= 0.6 is 0 Å². The van der Waals surface area contributed by atoms with Gasteiger partial charge in [0.25, 0.3) is 5.91 Å². The third-order valence-corrected chi connectivity index (χ3v) is 7.33. The number of halogens is 2. The van der Waals surface area contributed by atoms with Gasteiger partial charge in [0.2, 0.25) is 0 Å². The molecule has 1 amide bonds. The van der Waals surface area contributed by atoms with Gasteiger partial charge in [0.1, 0.15) is 41.5 Å². The number of aromatic nitrogens is 5. The molecule has 1 saturated heterocycles. The fourth-order valence-electron chi connectivity index (χ4n) is 5.01. The lowest BCUT2D eigenvalue weighted by molar-refractivity contribution is -0.114. The summed E-state index contributed by atoms with van der Waals surface area (Å²) >= 11 is 0. The van der Waals surface area contributed by atoms with Gasteiger partial charge in [-0.15, -0.1) is 0 Å². The maximum Gasteiger partial charge on any atom is 0.284 e. The summed E-state index contributed by atoms with van der Waals surface area (Å²) in [6.07, 6.45) is 7.44. The maximum atomic E-state index is 14.9. The predicted molar refractivity (Wildman–Crippen MR) is 157 cm³/mol. The van der Waals surface area contributed by atoms with Gasteiger partial charge in [0.15, 0.2) is 11.5 Å². The third-order valence-electron chi connectivity index (χ3n) is 7.33. The zero-order chi connectivity index (χ0) is 30.1. The topological polar surface area (TPSA) is 119 Å². The number of rotatable bonds is 8. The van der Waals surface area contributed by atoms with Gasteiger partial charge in [-0.05, 0) is 63.2 Å². The van der Waals surface area contributed by atoms with Crippen molar-refractivity contribution in [1.29, 1.82) is 0 Å². The van der Waals surface area contributed by atoms with Crippen LogP contribution in [-0.4, -0.2) is 62.1 Å². The van der Waals surface area contributed by atoms with Crippen LogP contribution in [0.4, 0.5) is 26.0 Å². The Balaban J connectivity index is 1.27. The molecule has 2 N–H and O–H groups in total. The van der Waals surface area contributed by atoms with E-state index in [9.17, 15) is 13.6 Å². The molecule has 5 aromatic rings. The summed E-state index contributed by atoms with van der Waals surface area (Å²) in [4.78, 5) is 27.2. The SMILES string of the molecule is COc1cc(Oc2ccn3ncnc3c2)c(C)cc1Nc1ncnc2cc(F)c(NC(=O)/C(F)=C/[C@H]3CCCN3C)cc12. The van der Waals surface area contributed by atoms with Gasteiger partial charge in [0.05, 0.1) is 24.0 Å². The Morgan fingerprint density at radius 2 is 1.95 bits per heavy atom. The van der Waals surface area contributed by atoms with E-state index in [-0.39, 0.29) is 17.2 Å². The number of anilines is 3. The fraction of sp³-hybridized carbons (Fsp3) is 0.233. The van der Waals surface area contributed by atoms with E-state index in [2.05, 4.69) is 30.7 Å². The van der Waals surface area contributed by atoms with Crippen molar-refractivity contribution in [2.24, 2.45) is 0 Å². The summed E-state index contributed by atoms with van der Waals surface area (Å²) in [6, 6.07) is 9.46. The van der Waals surface area contributed by atoms with Gasteiger partial charge in [-0.3, -0.25) is 9.69 Å². The maximum absolute atomic E-state index is 14.9. The molecule has 11 nitrogen and oxygen atoms in total. The van der Waals surface area contributed by atoms with Gasteiger partial charge in [-0.1, -0.05) is 0 Å². The Kier molecular flexibility index (Phi) is 7.55. The first-order chi connectivity index (χ1) is 20.8. The van der Waals surface area contributed by atoms with E-state index in [1.165, 1.54) is 31.9 Å². The van der Waals surface area contributed by atoms with Crippen LogP contribution in [0, 0.1) is 12.7 Å². The Morgan fingerprint density at radius 3 is 2.74 bits per heavy atom. The molecule has 0 unspecified atom stereocenters. The van der Waals surface area contributed by atoms with Crippen molar-refractivity contribution in [2.45, 2.75) is 25.8 Å². The van der Waals surface area contributed by atoms with Gasteiger partial charge >= 0.3 is 0 Å². The molecular formula is C30H28F2N8O3. The molecule has 0 radical (unpaired) electrons. The Labute approximate surface area is 245 Å². The van der Waals surface area contributed by atoms with Crippen LogP contribution in [0.25, 0.3) is 16.6 Å². The van der Waals surface area contributed by atoms with Crippen LogP contribution in [-0.2, 0) is 4.79 Å². The number of pyridine rings is 1. The lowest BCUT2D eigenvalue weighted by atomic mass is 10.1. The normalized spacial score (nSPS) is 15.7. The molecule has 0 saturated carbocycles. The molecule has 2 aromatic carbocycles. The monoisotopic (exact) mass is 586 g/mol. The molecule has 0 spiro atoms. The number of methoxy groups -OCH3 is 1. The van der Waals surface area contributed by atoms with Crippen LogP contribution in [0.2, 0.25) is 0 Å². The van der Waals surface area contributed by atoms with Crippen LogP contribution in [0.15, 0.2) is 67.2 Å². The van der Waals surface area contributed by atoms with E-state index in [1.807, 2.05) is 24.9 Å². The van der Waals surface area contributed by atoms with Crippen molar-refractivity contribution in [3.63, 3.8) is 0 Å². The molecule has 1 fully saturated rings. The molecule has 4 heterocycles. The van der Waals surface area contributed by atoms with Crippen molar-refractivity contribution in [3.05, 3.63) is 78.5 Å². The number of nitrogens with one attached hydrogen (secondary N) is 2. The first kappa shape index (κ1) is 28.0. The third kappa shape index (κ3) is 5.79. The number of likely N-dealkylation sites (N-methyl/N-ethyl adjacent to an activating group) is 1. The number of carbonyl (C=O) groups is 1. The first-order valence-electron chi connectivity index (χ1n) is 13.5. The molecule has 1 aliphatic heterocycles. The average molecular weight is 587 g/mol. The lowest BCUT2D eigenvalue weighted by Crippen LogP contribution is -2.24. The second-order valence-electron chi connectivity index (χ2n) is 10.2. The summed E-state index contributed by atoms with van der Waals surface area (Å²) in [5.41, 5.74) is 2.08. The van der Waals surface area contributed by atoms with E-state index >= 15 is 0 Å². The number of likely N-dealkylation sites (tertiary alicyclic amines) is 1. The number of nitrogens with zero attached hydrogens (tertiary/aromatic N) is 6. The Bertz CT molecular complexity index is 1880. The molecule has 220 valence electrons. The minimum Gasteiger partial charge on any atom is -0.494 e. The number of hydrogen-bond donors (Lipinski definition) is 2. The van der Waals surface area contributed by atoms with Crippen LogP contribution in [0.3, 0.4) is 0 Å². The van der Waals surface area contributed by atoms with Crippen molar-refractivity contribution in [1.82, 2.24) is 29.5 Å². The molecule has 1 atom stereocenters. The van der Waals surface area contributed by atoms with Crippen LogP contribution < -0.4 is 20.1 Å².